The standard InChI is InChI=1S/C16H18BNO3S.C15H16BNO3S/c1-11-13-4-2-3-5-14(13)22-15(11)10-16(19)18-8-6-12(7-9-18)17(20)21;1-10-12-4-2-3-5-13(12)21-14(10)15(18)17-8-6-11(7-9-17)16(19)20/h2-6,20-21H,7-10H2,1H3;2-6,19-20H,7-9H2,1H3. The maximum Gasteiger partial charge on any atom is 0.483 e. The van der Waals surface area contributed by atoms with Gasteiger partial charge >= 0.3 is 14.2 Å². The molecule has 6 rings (SSSR count). The molecule has 222 valence electrons. The fourth-order valence-corrected chi connectivity index (χ4v) is 7.79. The molecule has 4 heterocycles. The zero-order chi connectivity index (χ0) is 30.7. The summed E-state index contributed by atoms with van der Waals surface area (Å²) in [5, 5.41) is 38.9. The Hall–Kier alpha value is -3.25. The van der Waals surface area contributed by atoms with Gasteiger partial charge in [0.25, 0.3) is 5.91 Å². The maximum atomic E-state index is 12.6. The van der Waals surface area contributed by atoms with Gasteiger partial charge in [-0.1, -0.05) is 48.6 Å². The normalized spacial score (nSPS) is 15.1. The van der Waals surface area contributed by atoms with Crippen molar-refractivity contribution in [1.82, 2.24) is 9.80 Å². The summed E-state index contributed by atoms with van der Waals surface area (Å²) in [5.74, 6) is 0.119. The Morgan fingerprint density at radius 1 is 0.744 bits per heavy atom. The van der Waals surface area contributed by atoms with Crippen molar-refractivity contribution < 1.29 is 29.7 Å². The summed E-state index contributed by atoms with van der Waals surface area (Å²) >= 11 is 3.20. The Balaban J connectivity index is 0.000000171. The lowest BCUT2D eigenvalue weighted by Crippen LogP contribution is -2.37. The van der Waals surface area contributed by atoms with Crippen molar-refractivity contribution in [2.45, 2.75) is 33.1 Å². The summed E-state index contributed by atoms with van der Waals surface area (Å²) in [6.45, 7) is 6.00. The molecule has 4 aromatic rings. The van der Waals surface area contributed by atoms with Crippen molar-refractivity contribution in [3.05, 3.63) is 92.5 Å². The van der Waals surface area contributed by atoms with Gasteiger partial charge in [0.1, 0.15) is 0 Å². The predicted octanol–water partition coefficient (Wildman–Crippen LogP) is 3.92. The third kappa shape index (κ3) is 6.95. The number of carbonyl (C=O) groups excluding carboxylic acids is 2. The molecule has 2 aliphatic heterocycles. The number of benzene rings is 2. The van der Waals surface area contributed by atoms with E-state index in [9.17, 15) is 9.59 Å². The Kier molecular flexibility index (Phi) is 9.85. The van der Waals surface area contributed by atoms with Gasteiger partial charge in [0.05, 0.1) is 11.3 Å². The van der Waals surface area contributed by atoms with Crippen molar-refractivity contribution in [2.75, 3.05) is 26.2 Å². The molecule has 0 bridgehead atoms. The zero-order valence-corrected chi connectivity index (χ0v) is 25.8. The smallest absolute Gasteiger partial charge is 0.423 e. The third-order valence-electron chi connectivity index (χ3n) is 8.08. The van der Waals surface area contributed by atoms with E-state index < -0.39 is 14.2 Å². The molecule has 43 heavy (non-hydrogen) atoms. The minimum absolute atomic E-state index is 0.0245. The number of thiophene rings is 2. The van der Waals surface area contributed by atoms with Crippen molar-refractivity contribution in [3.63, 3.8) is 0 Å². The van der Waals surface area contributed by atoms with E-state index >= 15 is 0 Å². The molecule has 2 aromatic carbocycles. The number of carbonyl (C=O) groups is 2. The first-order valence-electron chi connectivity index (χ1n) is 14.3. The Labute approximate surface area is 259 Å². The molecular formula is C31H34B2N2O6S2. The molecule has 0 saturated heterocycles. The van der Waals surface area contributed by atoms with Gasteiger partial charge < -0.3 is 29.9 Å². The lowest BCUT2D eigenvalue weighted by molar-refractivity contribution is -0.130. The van der Waals surface area contributed by atoms with Crippen molar-refractivity contribution in [3.8, 4) is 0 Å². The highest BCUT2D eigenvalue weighted by Crippen LogP contribution is 2.33. The van der Waals surface area contributed by atoms with Crippen LogP contribution < -0.4 is 0 Å². The van der Waals surface area contributed by atoms with E-state index in [2.05, 4.69) is 19.1 Å². The molecule has 2 amide bonds. The molecule has 0 spiro atoms. The van der Waals surface area contributed by atoms with Gasteiger partial charge in [0.15, 0.2) is 0 Å². The molecule has 0 unspecified atom stereocenters. The van der Waals surface area contributed by atoms with Crippen LogP contribution in [0.3, 0.4) is 0 Å². The van der Waals surface area contributed by atoms with Crippen LogP contribution in [-0.4, -0.2) is 82.1 Å². The van der Waals surface area contributed by atoms with E-state index in [1.54, 1.807) is 33.3 Å². The van der Waals surface area contributed by atoms with E-state index in [0.717, 1.165) is 25.4 Å². The number of nitrogens with zero attached hydrogens (tertiary/aromatic N) is 2. The lowest BCUT2D eigenvalue weighted by atomic mass is 9.76. The molecule has 0 radical (unpaired) electrons. The third-order valence-corrected chi connectivity index (χ3v) is 10.6. The van der Waals surface area contributed by atoms with E-state index in [1.807, 2.05) is 43.3 Å². The van der Waals surface area contributed by atoms with E-state index in [0.29, 0.717) is 56.4 Å². The number of amides is 2. The predicted molar refractivity (Wildman–Crippen MR) is 175 cm³/mol. The molecule has 0 atom stereocenters. The van der Waals surface area contributed by atoms with Crippen LogP contribution in [0.5, 0.6) is 0 Å². The highest BCUT2D eigenvalue weighted by atomic mass is 32.1. The average Bonchev–Trinajstić information content (AvgIpc) is 3.53. The summed E-state index contributed by atoms with van der Waals surface area (Å²) in [5.41, 5.74) is 3.40. The summed E-state index contributed by atoms with van der Waals surface area (Å²) in [7, 11) is -2.81. The van der Waals surface area contributed by atoms with E-state index in [-0.39, 0.29) is 11.8 Å². The summed E-state index contributed by atoms with van der Waals surface area (Å²) < 4.78 is 2.34. The maximum absolute atomic E-state index is 12.6. The average molecular weight is 616 g/mol. The second-order valence-electron chi connectivity index (χ2n) is 10.8. The molecule has 8 nitrogen and oxygen atoms in total. The first kappa shape index (κ1) is 31.2. The quantitative estimate of drug-likeness (QED) is 0.253. The second kappa shape index (κ2) is 13.6. The van der Waals surface area contributed by atoms with Crippen LogP contribution in [0.25, 0.3) is 20.2 Å². The van der Waals surface area contributed by atoms with Crippen LogP contribution in [0.1, 0.15) is 38.5 Å². The van der Waals surface area contributed by atoms with Gasteiger partial charge in [0.2, 0.25) is 5.91 Å². The molecule has 0 fully saturated rings. The Bertz CT molecular complexity index is 1710. The molecule has 2 aromatic heterocycles. The molecule has 0 saturated carbocycles. The van der Waals surface area contributed by atoms with Crippen molar-refractivity contribution in [1.29, 1.82) is 0 Å². The SMILES string of the molecule is Cc1c(C(=O)N2CC=C(B(O)O)CC2)sc2ccccc12.Cc1c(CC(=O)N2CC=C(B(O)O)CC2)sc2ccccc12. The zero-order valence-electron chi connectivity index (χ0n) is 24.2. The minimum Gasteiger partial charge on any atom is -0.423 e. The first-order valence-corrected chi connectivity index (χ1v) is 15.9. The molecular weight excluding hydrogens is 582 g/mol. The van der Waals surface area contributed by atoms with Gasteiger partial charge in [-0.15, -0.1) is 22.7 Å². The Morgan fingerprint density at radius 3 is 1.74 bits per heavy atom. The van der Waals surface area contributed by atoms with Gasteiger partial charge in [-0.25, -0.2) is 0 Å². The Morgan fingerprint density at radius 2 is 1.26 bits per heavy atom. The van der Waals surface area contributed by atoms with E-state index in [4.69, 9.17) is 20.1 Å². The number of fused-ring (bicyclic) bond motifs is 2. The lowest BCUT2D eigenvalue weighted by Gasteiger charge is -2.26. The summed E-state index contributed by atoms with van der Waals surface area (Å²) in [4.78, 5) is 30.5. The molecule has 0 aliphatic carbocycles. The van der Waals surface area contributed by atoms with Crippen LogP contribution in [-0.2, 0) is 11.2 Å². The van der Waals surface area contributed by atoms with Crippen LogP contribution in [0.4, 0.5) is 0 Å². The number of hydrogen-bond acceptors (Lipinski definition) is 8. The number of hydrogen-bond donors (Lipinski definition) is 4. The highest BCUT2D eigenvalue weighted by Gasteiger charge is 2.26. The van der Waals surface area contributed by atoms with Gasteiger partial charge in [-0.2, -0.15) is 0 Å². The van der Waals surface area contributed by atoms with Crippen molar-refractivity contribution in [2.24, 2.45) is 0 Å². The van der Waals surface area contributed by atoms with Crippen LogP contribution in [0.15, 0.2) is 71.6 Å². The summed E-state index contributed by atoms with van der Waals surface area (Å²) in [6, 6.07) is 16.2. The molecule has 4 N–H and O–H groups in total. The second-order valence-corrected chi connectivity index (χ2v) is 13.0. The van der Waals surface area contributed by atoms with Crippen molar-refractivity contribution >= 4 is 68.9 Å². The van der Waals surface area contributed by atoms with Gasteiger partial charge in [-0.05, 0) is 71.7 Å². The number of rotatable bonds is 5. The molecule has 12 heteroatoms. The first-order chi connectivity index (χ1) is 20.6. The topological polar surface area (TPSA) is 122 Å². The molecule has 2 aliphatic rings. The van der Waals surface area contributed by atoms with Crippen LogP contribution in [0.2, 0.25) is 0 Å². The largest absolute Gasteiger partial charge is 0.483 e. The van der Waals surface area contributed by atoms with Crippen LogP contribution in [0, 0.1) is 13.8 Å². The minimum atomic E-state index is -1.41. The van der Waals surface area contributed by atoms with E-state index in [1.165, 1.54) is 27.0 Å². The summed E-state index contributed by atoms with van der Waals surface area (Å²) in [6.07, 6.45) is 4.91. The highest BCUT2D eigenvalue weighted by molar-refractivity contribution is 7.21. The monoisotopic (exact) mass is 616 g/mol. The van der Waals surface area contributed by atoms with Gasteiger partial charge in [0, 0.05) is 40.5 Å². The number of aryl methyl sites for hydroxylation is 2. The fourth-order valence-electron chi connectivity index (χ4n) is 5.41. The van der Waals surface area contributed by atoms with Gasteiger partial charge in [-0.3, -0.25) is 9.59 Å². The van der Waals surface area contributed by atoms with Crippen LogP contribution >= 0.6 is 22.7 Å². The fraction of sp³-hybridized carbons (Fsp3) is 0.290.